The number of benzene rings is 2. The number of carbonyl (C=O) groups excluding carboxylic acids is 1. The Kier molecular flexibility index (Phi) is 8.75. The van der Waals surface area contributed by atoms with Crippen LogP contribution < -0.4 is 15.0 Å². The third-order valence-electron chi connectivity index (χ3n) is 8.34. The van der Waals surface area contributed by atoms with Crippen LogP contribution in [0.5, 0.6) is 5.75 Å². The molecule has 12 nitrogen and oxygen atoms in total. The number of likely N-dealkylation sites (tertiary alicyclic amines) is 1. The van der Waals surface area contributed by atoms with E-state index in [1.165, 1.54) is 25.4 Å². The average molecular weight is 621 g/mol. The summed E-state index contributed by atoms with van der Waals surface area (Å²) in [5.41, 5.74) is 2.46. The molecule has 4 heterocycles. The number of hydrogen-bond acceptors (Lipinski definition) is 11. The first-order valence-electron chi connectivity index (χ1n) is 14.9. The average Bonchev–Trinajstić information content (AvgIpc) is 3.01. The van der Waals surface area contributed by atoms with Crippen LogP contribution in [-0.4, -0.2) is 112 Å². The quantitative estimate of drug-likeness (QED) is 0.384. The molecule has 2 aromatic carbocycles. The summed E-state index contributed by atoms with van der Waals surface area (Å²) < 4.78 is 40.7. The molecule has 14 heteroatoms. The Morgan fingerprint density at radius 1 is 1.13 bits per heavy atom. The molecule has 0 radical (unpaired) electrons. The van der Waals surface area contributed by atoms with Crippen LogP contribution in [0.25, 0.3) is 11.4 Å². The zero-order valence-corrected chi connectivity index (χ0v) is 24.8. The molecular formula is C31H34F2N8O4. The van der Waals surface area contributed by atoms with E-state index in [0.717, 1.165) is 55.7 Å². The molecule has 3 fully saturated rings. The van der Waals surface area contributed by atoms with Crippen LogP contribution in [0.1, 0.15) is 18.9 Å². The Balaban J connectivity index is 1.09. The fourth-order valence-electron chi connectivity index (χ4n) is 5.69. The molecule has 2 N–H and O–H groups in total. The van der Waals surface area contributed by atoms with Crippen molar-refractivity contribution >= 4 is 23.2 Å². The molecule has 1 aromatic heterocycles. The zero-order chi connectivity index (χ0) is 31.6. The standard InChI is InChI=1S/C31H34F2N8O4/c1-20(42)29(43)41-9-8-27(31(32,33)18-41)45-26-7-2-21(14-22(26)15-34)28-35-19-36-30(38-28)37-23-3-5-24(6-4-23)39-10-12-40(13-11-39)25-16-44-17-25/h2-7,14,19-20,25,27,42H,8-13,16-18H2,1H3,(H,35,36,37,38)/t20?,27-/m1/s1. The summed E-state index contributed by atoms with van der Waals surface area (Å²) >= 11 is 0. The number of alkyl halides is 2. The van der Waals surface area contributed by atoms with Gasteiger partial charge in [-0.25, -0.2) is 18.7 Å². The molecule has 3 aromatic rings. The number of aliphatic hydroxyl groups excluding tert-OH is 1. The third kappa shape index (κ3) is 6.80. The van der Waals surface area contributed by atoms with Gasteiger partial charge in [0.2, 0.25) is 5.95 Å². The number of rotatable bonds is 8. The minimum absolute atomic E-state index is 0.000879. The number of halogens is 2. The first kappa shape index (κ1) is 30.6. The number of nitriles is 1. The molecule has 2 atom stereocenters. The topological polar surface area (TPSA) is 140 Å². The van der Waals surface area contributed by atoms with Crippen LogP contribution in [0.3, 0.4) is 0 Å². The van der Waals surface area contributed by atoms with E-state index in [0.29, 0.717) is 17.6 Å². The van der Waals surface area contributed by atoms with Gasteiger partial charge in [0.15, 0.2) is 11.9 Å². The van der Waals surface area contributed by atoms with Crippen LogP contribution in [0.4, 0.5) is 26.1 Å². The predicted molar refractivity (Wildman–Crippen MR) is 160 cm³/mol. The summed E-state index contributed by atoms with van der Waals surface area (Å²) in [6.07, 6.45) is -1.72. The number of carbonyl (C=O) groups is 1. The smallest absolute Gasteiger partial charge is 0.301 e. The van der Waals surface area contributed by atoms with Crippen molar-refractivity contribution in [2.75, 3.05) is 62.7 Å². The highest BCUT2D eigenvalue weighted by Gasteiger charge is 2.48. The predicted octanol–water partition coefficient (Wildman–Crippen LogP) is 2.67. The van der Waals surface area contributed by atoms with E-state index in [1.54, 1.807) is 6.07 Å². The Morgan fingerprint density at radius 3 is 2.53 bits per heavy atom. The lowest BCUT2D eigenvalue weighted by molar-refractivity contribution is -0.165. The lowest BCUT2D eigenvalue weighted by Crippen LogP contribution is -2.56. The van der Waals surface area contributed by atoms with Crippen LogP contribution in [-0.2, 0) is 9.53 Å². The largest absolute Gasteiger partial charge is 0.483 e. The van der Waals surface area contributed by atoms with Crippen LogP contribution in [0.15, 0.2) is 48.8 Å². The summed E-state index contributed by atoms with van der Waals surface area (Å²) in [6.45, 7) is 5.97. The highest BCUT2D eigenvalue weighted by Crippen LogP contribution is 2.34. The van der Waals surface area contributed by atoms with Gasteiger partial charge in [0, 0.05) is 56.1 Å². The van der Waals surface area contributed by atoms with Crippen LogP contribution >= 0.6 is 0 Å². The van der Waals surface area contributed by atoms with E-state index in [-0.39, 0.29) is 30.1 Å². The van der Waals surface area contributed by atoms with Gasteiger partial charge in [0.1, 0.15) is 24.3 Å². The summed E-state index contributed by atoms with van der Waals surface area (Å²) in [5.74, 6) is -3.55. The number of amides is 1. The normalized spacial score (nSPS) is 21.0. The minimum atomic E-state index is -3.37. The first-order valence-corrected chi connectivity index (χ1v) is 14.9. The van der Waals surface area contributed by atoms with E-state index >= 15 is 0 Å². The van der Waals surface area contributed by atoms with E-state index in [4.69, 9.17) is 9.47 Å². The van der Waals surface area contributed by atoms with Gasteiger partial charge in [-0.15, -0.1) is 0 Å². The molecule has 45 heavy (non-hydrogen) atoms. The maximum absolute atomic E-state index is 14.9. The molecule has 0 saturated carbocycles. The fourth-order valence-corrected chi connectivity index (χ4v) is 5.69. The van der Waals surface area contributed by atoms with Gasteiger partial charge >= 0.3 is 5.92 Å². The van der Waals surface area contributed by atoms with Crippen molar-refractivity contribution in [3.05, 3.63) is 54.4 Å². The van der Waals surface area contributed by atoms with Crippen molar-refractivity contribution in [3.63, 3.8) is 0 Å². The van der Waals surface area contributed by atoms with Crippen LogP contribution in [0.2, 0.25) is 0 Å². The number of nitrogens with zero attached hydrogens (tertiary/aromatic N) is 7. The highest BCUT2D eigenvalue weighted by atomic mass is 19.3. The molecule has 1 amide bonds. The molecule has 0 bridgehead atoms. The maximum atomic E-state index is 14.9. The van der Waals surface area contributed by atoms with Gasteiger partial charge in [-0.3, -0.25) is 9.69 Å². The summed E-state index contributed by atoms with van der Waals surface area (Å²) in [7, 11) is 0. The van der Waals surface area contributed by atoms with Gasteiger partial charge in [0.25, 0.3) is 5.91 Å². The Bertz CT molecular complexity index is 1560. The number of anilines is 3. The zero-order valence-electron chi connectivity index (χ0n) is 24.8. The third-order valence-corrected chi connectivity index (χ3v) is 8.34. The van der Waals surface area contributed by atoms with Gasteiger partial charge in [-0.2, -0.15) is 10.2 Å². The van der Waals surface area contributed by atoms with Gasteiger partial charge in [-0.1, -0.05) is 0 Å². The van der Waals surface area contributed by atoms with Crippen molar-refractivity contribution in [1.29, 1.82) is 5.26 Å². The minimum Gasteiger partial charge on any atom is -0.483 e. The van der Waals surface area contributed by atoms with Crippen LogP contribution in [0, 0.1) is 11.3 Å². The maximum Gasteiger partial charge on any atom is 0.301 e. The SMILES string of the molecule is CC(O)C(=O)N1CC[C@@H](Oc2ccc(-c3ncnc(Nc4ccc(N5CCN(C6COC6)CC5)cc4)n3)cc2C#N)C(F)(F)C1. The molecular weight excluding hydrogens is 586 g/mol. The number of hydrogen-bond donors (Lipinski definition) is 2. The van der Waals surface area contributed by atoms with E-state index in [9.17, 15) is 23.9 Å². The number of ether oxygens (including phenoxy) is 2. The monoisotopic (exact) mass is 620 g/mol. The van der Waals surface area contributed by atoms with Gasteiger partial charge in [0.05, 0.1) is 31.4 Å². The van der Waals surface area contributed by atoms with E-state index < -0.39 is 30.6 Å². The van der Waals surface area contributed by atoms with E-state index in [1.807, 2.05) is 18.2 Å². The number of aliphatic hydroxyl groups is 1. The van der Waals surface area contributed by atoms with Crippen molar-refractivity contribution < 1.29 is 28.2 Å². The molecule has 0 spiro atoms. The molecule has 3 saturated heterocycles. The number of aromatic nitrogens is 3. The fraction of sp³-hybridized carbons (Fsp3) is 0.452. The second kappa shape index (κ2) is 12.9. The molecule has 6 rings (SSSR count). The Hall–Kier alpha value is -4.45. The van der Waals surface area contributed by atoms with Crippen molar-refractivity contribution in [2.24, 2.45) is 0 Å². The lowest BCUT2D eigenvalue weighted by atomic mass is 10.0. The van der Waals surface area contributed by atoms with Gasteiger partial charge < -0.3 is 29.7 Å². The highest BCUT2D eigenvalue weighted by molar-refractivity contribution is 5.80. The second-order valence-electron chi connectivity index (χ2n) is 11.4. The molecule has 3 aliphatic heterocycles. The van der Waals surface area contributed by atoms with Gasteiger partial charge in [-0.05, 0) is 49.4 Å². The number of nitrogens with one attached hydrogen (secondary N) is 1. The first-order chi connectivity index (χ1) is 21.7. The molecule has 3 aliphatic rings. The summed E-state index contributed by atoms with van der Waals surface area (Å²) in [6, 6.07) is 15.1. The number of piperazine rings is 1. The molecule has 236 valence electrons. The molecule has 1 unspecified atom stereocenters. The van der Waals surface area contributed by atoms with E-state index in [2.05, 4.69) is 42.2 Å². The summed E-state index contributed by atoms with van der Waals surface area (Å²) in [5, 5.41) is 22.4. The Labute approximate surface area is 259 Å². The van der Waals surface area contributed by atoms with Crippen molar-refractivity contribution in [1.82, 2.24) is 24.8 Å². The summed E-state index contributed by atoms with van der Waals surface area (Å²) in [4.78, 5) is 30.7. The second-order valence-corrected chi connectivity index (χ2v) is 11.4. The van der Waals surface area contributed by atoms with Crippen molar-refractivity contribution in [2.45, 2.75) is 37.5 Å². The lowest BCUT2D eigenvalue weighted by Gasteiger charge is -2.43. The molecule has 0 aliphatic carbocycles. The van der Waals surface area contributed by atoms with Crippen molar-refractivity contribution in [3.8, 4) is 23.2 Å². The Morgan fingerprint density at radius 2 is 1.89 bits per heavy atom. The number of piperidine rings is 1.